The fraction of sp³-hybridized carbons (Fsp3) is 0.514. The maximum atomic E-state index is 12.9. The Bertz CT molecular complexity index is 1610. The van der Waals surface area contributed by atoms with Crippen molar-refractivity contribution in [3.63, 3.8) is 0 Å². The Morgan fingerprint density at radius 2 is 1.29 bits per heavy atom. The quantitative estimate of drug-likeness (QED) is 0.219. The first-order valence-corrected chi connectivity index (χ1v) is 15.9. The van der Waals surface area contributed by atoms with E-state index in [9.17, 15) is 29.1 Å². The molecule has 0 unspecified atom stereocenters. The largest absolute Gasteiger partial charge is 0.493 e. The van der Waals surface area contributed by atoms with E-state index in [0.717, 1.165) is 33.3 Å². The number of carbonyl (C=O) groups is 5. The summed E-state index contributed by atoms with van der Waals surface area (Å²) in [6, 6.07) is 9.92. The van der Waals surface area contributed by atoms with E-state index in [1.165, 1.54) is 33.5 Å². The summed E-state index contributed by atoms with van der Waals surface area (Å²) >= 11 is 0. The summed E-state index contributed by atoms with van der Waals surface area (Å²) in [5.41, 5.74) is -0.611. The predicted octanol–water partition coefficient (Wildman–Crippen LogP) is 1.86. The van der Waals surface area contributed by atoms with E-state index < -0.39 is 78.7 Å². The predicted molar refractivity (Wildman–Crippen MR) is 172 cm³/mol. The van der Waals surface area contributed by atoms with Gasteiger partial charge in [0.1, 0.15) is 12.7 Å². The lowest BCUT2D eigenvalue weighted by molar-refractivity contribution is -0.288. The van der Waals surface area contributed by atoms with Crippen LogP contribution < -0.4 is 18.9 Å². The van der Waals surface area contributed by atoms with Gasteiger partial charge in [-0.2, -0.15) is 0 Å². The highest BCUT2D eigenvalue weighted by atomic mass is 16.7. The van der Waals surface area contributed by atoms with E-state index in [2.05, 4.69) is 0 Å². The Morgan fingerprint density at radius 1 is 0.745 bits per heavy atom. The van der Waals surface area contributed by atoms with E-state index in [1.807, 2.05) is 6.07 Å². The molecular formula is C35H42O16. The van der Waals surface area contributed by atoms with Crippen LogP contribution in [0.15, 0.2) is 36.4 Å². The molecule has 0 bridgehead atoms. The molecule has 0 radical (unpaired) electrons. The van der Waals surface area contributed by atoms with E-state index in [4.69, 9.17) is 47.4 Å². The number of benzene rings is 2. The van der Waals surface area contributed by atoms with Crippen LogP contribution in [-0.4, -0.2) is 106 Å². The molecule has 2 heterocycles. The number of esters is 5. The molecule has 2 aliphatic rings. The molecule has 7 atom stereocenters. The molecule has 51 heavy (non-hydrogen) atoms. The van der Waals surface area contributed by atoms with Crippen LogP contribution in [-0.2, 0) is 65.2 Å². The molecule has 2 aromatic carbocycles. The number of methoxy groups -OCH3 is 3. The molecule has 2 aromatic rings. The molecule has 1 N–H and O–H groups in total. The van der Waals surface area contributed by atoms with Gasteiger partial charge in [-0.1, -0.05) is 12.1 Å². The van der Waals surface area contributed by atoms with Crippen molar-refractivity contribution in [2.24, 2.45) is 5.92 Å². The van der Waals surface area contributed by atoms with Gasteiger partial charge < -0.3 is 52.5 Å². The second-order valence-corrected chi connectivity index (χ2v) is 12.0. The summed E-state index contributed by atoms with van der Waals surface area (Å²) in [7, 11) is 4.39. The van der Waals surface area contributed by atoms with Gasteiger partial charge in [0.25, 0.3) is 0 Å². The molecule has 0 aromatic heterocycles. The minimum absolute atomic E-state index is 0.00902. The summed E-state index contributed by atoms with van der Waals surface area (Å²) < 4.78 is 55.2. The normalized spacial score (nSPS) is 25.5. The highest BCUT2D eigenvalue weighted by Crippen LogP contribution is 2.39. The van der Waals surface area contributed by atoms with Gasteiger partial charge in [-0.25, -0.2) is 4.79 Å². The lowest BCUT2D eigenvalue weighted by Crippen LogP contribution is -2.63. The summed E-state index contributed by atoms with van der Waals surface area (Å²) in [5, 5.41) is 11.7. The van der Waals surface area contributed by atoms with Gasteiger partial charge in [-0.15, -0.1) is 0 Å². The Hall–Kier alpha value is -5.09. The van der Waals surface area contributed by atoms with E-state index in [1.54, 1.807) is 18.2 Å². The zero-order valence-corrected chi connectivity index (χ0v) is 29.3. The third-order valence-corrected chi connectivity index (χ3v) is 8.27. The molecule has 16 heteroatoms. The summed E-state index contributed by atoms with van der Waals surface area (Å²) in [5.74, 6) is -3.18. The highest BCUT2D eigenvalue weighted by molar-refractivity contribution is 5.82. The third kappa shape index (κ3) is 9.38. The maximum absolute atomic E-state index is 12.9. The first-order valence-electron chi connectivity index (χ1n) is 15.9. The molecule has 2 saturated heterocycles. The lowest BCUT2D eigenvalue weighted by atomic mass is 9.81. The summed E-state index contributed by atoms with van der Waals surface area (Å²) in [6.45, 7) is 4.05. The minimum Gasteiger partial charge on any atom is -0.493 e. The van der Waals surface area contributed by atoms with E-state index in [0.29, 0.717) is 23.5 Å². The molecule has 2 aliphatic heterocycles. The number of ether oxygens (including phenoxy) is 10. The number of carbonyl (C=O) groups excluding carboxylic acids is 5. The van der Waals surface area contributed by atoms with Crippen LogP contribution in [0.5, 0.6) is 23.0 Å². The SMILES string of the molecule is COc1ccc(C[C@@H]2COC(=O)[C@@]2(O)Cc2ccc(O[C@@H]3O[C@H](COC(C)=O)[C@@H](OC(C)=O)[C@H](OC(C)=O)[C@H]3OC(C)=O)c(OC)c2)cc1OC. The van der Waals surface area contributed by atoms with Crippen LogP contribution in [0, 0.1) is 5.92 Å². The Morgan fingerprint density at radius 3 is 1.90 bits per heavy atom. The number of aliphatic hydroxyl groups is 1. The van der Waals surface area contributed by atoms with Crippen molar-refractivity contribution >= 4 is 29.8 Å². The van der Waals surface area contributed by atoms with Crippen molar-refractivity contribution in [3.8, 4) is 23.0 Å². The smallest absolute Gasteiger partial charge is 0.338 e. The van der Waals surface area contributed by atoms with Crippen LogP contribution in [0.1, 0.15) is 38.8 Å². The average Bonchev–Trinajstić information content (AvgIpc) is 3.34. The van der Waals surface area contributed by atoms with E-state index >= 15 is 0 Å². The van der Waals surface area contributed by atoms with E-state index in [-0.39, 0.29) is 24.5 Å². The minimum atomic E-state index is -1.89. The third-order valence-electron chi connectivity index (χ3n) is 8.27. The topological polar surface area (TPSA) is 198 Å². The van der Waals surface area contributed by atoms with Gasteiger partial charge in [0.2, 0.25) is 12.4 Å². The molecule has 0 spiro atoms. The highest BCUT2D eigenvalue weighted by Gasteiger charge is 2.54. The fourth-order valence-electron chi connectivity index (χ4n) is 5.98. The van der Waals surface area contributed by atoms with Gasteiger partial charge in [0.15, 0.2) is 40.8 Å². The average molecular weight is 719 g/mol. The Labute approximate surface area is 294 Å². The molecule has 0 saturated carbocycles. The number of hydrogen-bond acceptors (Lipinski definition) is 16. The molecule has 0 aliphatic carbocycles. The van der Waals surface area contributed by atoms with Crippen molar-refractivity contribution in [1.29, 1.82) is 0 Å². The number of rotatable bonds is 14. The molecular weight excluding hydrogens is 676 g/mol. The van der Waals surface area contributed by atoms with Crippen molar-refractivity contribution < 1.29 is 76.4 Å². The molecule has 2 fully saturated rings. The summed E-state index contributed by atoms with van der Waals surface area (Å²) in [4.78, 5) is 61.0. The maximum Gasteiger partial charge on any atom is 0.338 e. The Kier molecular flexibility index (Phi) is 12.7. The molecule has 4 rings (SSSR count). The Balaban J connectivity index is 1.62. The van der Waals surface area contributed by atoms with Crippen LogP contribution in [0.25, 0.3) is 0 Å². The van der Waals surface area contributed by atoms with Crippen LogP contribution in [0.4, 0.5) is 0 Å². The van der Waals surface area contributed by atoms with Crippen LogP contribution in [0.2, 0.25) is 0 Å². The van der Waals surface area contributed by atoms with Gasteiger partial charge >= 0.3 is 29.8 Å². The van der Waals surface area contributed by atoms with Gasteiger partial charge in [-0.05, 0) is 41.8 Å². The van der Waals surface area contributed by atoms with Gasteiger partial charge in [0, 0.05) is 40.0 Å². The van der Waals surface area contributed by atoms with Crippen LogP contribution >= 0.6 is 0 Å². The fourth-order valence-corrected chi connectivity index (χ4v) is 5.98. The lowest BCUT2D eigenvalue weighted by Gasteiger charge is -2.44. The summed E-state index contributed by atoms with van der Waals surface area (Å²) in [6.07, 6.45) is -6.86. The van der Waals surface area contributed by atoms with Crippen molar-refractivity contribution in [2.45, 2.75) is 76.8 Å². The zero-order valence-electron chi connectivity index (χ0n) is 29.3. The first kappa shape index (κ1) is 38.7. The number of cyclic esters (lactones) is 1. The van der Waals surface area contributed by atoms with Crippen molar-refractivity contribution in [1.82, 2.24) is 0 Å². The van der Waals surface area contributed by atoms with Crippen LogP contribution in [0.3, 0.4) is 0 Å². The molecule has 278 valence electrons. The monoisotopic (exact) mass is 718 g/mol. The second-order valence-electron chi connectivity index (χ2n) is 12.0. The number of hydrogen-bond donors (Lipinski definition) is 1. The second kappa shape index (κ2) is 16.7. The van der Waals surface area contributed by atoms with Gasteiger partial charge in [-0.3, -0.25) is 19.2 Å². The molecule has 0 amide bonds. The standard InChI is InChI=1S/C35H42O16/c1-18(36)45-17-29-30(47-19(2)37)31(48-20(3)38)32(49-21(4)39)33(51-29)50-26-11-9-23(14-28(26)44-7)15-35(41)24(16-46-34(35)40)12-22-8-10-25(42-5)27(13-22)43-6/h8-11,13-14,24,29-33,41H,12,15-17H2,1-7H3/t24-,29-,30-,31+,32-,33-,35-/m1/s1. The first-order chi connectivity index (χ1) is 24.2. The molecule has 16 nitrogen and oxygen atoms in total. The van der Waals surface area contributed by atoms with Crippen molar-refractivity contribution in [3.05, 3.63) is 47.5 Å². The van der Waals surface area contributed by atoms with Crippen molar-refractivity contribution in [2.75, 3.05) is 34.5 Å². The zero-order chi connectivity index (χ0) is 37.5. The van der Waals surface area contributed by atoms with Gasteiger partial charge in [0.05, 0.1) is 27.9 Å².